The van der Waals surface area contributed by atoms with Crippen LogP contribution in [-0.4, -0.2) is 43.8 Å². The number of likely N-dealkylation sites (tertiary alicyclic amines) is 1. The molecular formula is C20H22F3N5O2. The van der Waals surface area contributed by atoms with Crippen LogP contribution in [0.4, 0.5) is 13.2 Å². The van der Waals surface area contributed by atoms with Crippen LogP contribution in [0.25, 0.3) is 11.1 Å². The molecule has 160 valence electrons. The SMILES string of the molecule is Cc1cc(C(F)(F)F)c2c([C@H]3CCCN(C(=O)c4cnn(C(C)C)c4)C3)noc2n1. The maximum atomic E-state index is 13.6. The second-order valence-corrected chi connectivity index (χ2v) is 7.95. The van der Waals surface area contributed by atoms with Crippen molar-refractivity contribution in [2.45, 2.75) is 51.7 Å². The lowest BCUT2D eigenvalue weighted by Gasteiger charge is -2.31. The average molecular weight is 421 g/mol. The number of carbonyl (C=O) groups is 1. The number of halogens is 3. The highest BCUT2D eigenvalue weighted by Gasteiger charge is 2.38. The Labute approximate surface area is 170 Å². The van der Waals surface area contributed by atoms with E-state index in [1.807, 2.05) is 13.8 Å². The van der Waals surface area contributed by atoms with Crippen molar-refractivity contribution in [3.8, 4) is 0 Å². The summed E-state index contributed by atoms with van der Waals surface area (Å²) in [6.45, 7) is 6.19. The average Bonchev–Trinajstić information content (AvgIpc) is 3.33. The zero-order valence-electron chi connectivity index (χ0n) is 16.9. The predicted molar refractivity (Wildman–Crippen MR) is 102 cm³/mol. The summed E-state index contributed by atoms with van der Waals surface area (Å²) in [6, 6.07) is 1.13. The maximum absolute atomic E-state index is 13.6. The Kier molecular flexibility index (Phi) is 5.03. The van der Waals surface area contributed by atoms with Crippen LogP contribution in [0.1, 0.15) is 66.0 Å². The van der Waals surface area contributed by atoms with Crippen LogP contribution in [0.15, 0.2) is 23.0 Å². The van der Waals surface area contributed by atoms with Crippen molar-refractivity contribution in [3.63, 3.8) is 0 Å². The van der Waals surface area contributed by atoms with Crippen LogP contribution < -0.4 is 0 Å². The van der Waals surface area contributed by atoms with E-state index >= 15 is 0 Å². The summed E-state index contributed by atoms with van der Waals surface area (Å²) in [5.41, 5.74) is -0.0511. The predicted octanol–water partition coefficient (Wildman–Crippen LogP) is 4.35. The zero-order valence-corrected chi connectivity index (χ0v) is 16.9. The molecular weight excluding hydrogens is 399 g/mol. The van der Waals surface area contributed by atoms with E-state index in [9.17, 15) is 18.0 Å². The van der Waals surface area contributed by atoms with Gasteiger partial charge < -0.3 is 9.42 Å². The normalized spacial score (nSPS) is 17.8. The van der Waals surface area contributed by atoms with Crippen molar-refractivity contribution in [2.75, 3.05) is 13.1 Å². The molecule has 0 radical (unpaired) electrons. The number of fused-ring (bicyclic) bond motifs is 1. The van der Waals surface area contributed by atoms with Gasteiger partial charge in [-0.1, -0.05) is 5.16 Å². The Balaban J connectivity index is 1.65. The Morgan fingerprint density at radius 2 is 2.10 bits per heavy atom. The molecule has 1 fully saturated rings. The molecule has 4 heterocycles. The molecule has 0 saturated carbocycles. The third-order valence-corrected chi connectivity index (χ3v) is 5.38. The Hall–Kier alpha value is -2.91. The van der Waals surface area contributed by atoms with Crippen LogP contribution in [0.2, 0.25) is 0 Å². The van der Waals surface area contributed by atoms with E-state index in [-0.39, 0.29) is 46.9 Å². The molecule has 4 rings (SSSR count). The molecule has 0 bridgehead atoms. The fourth-order valence-electron chi connectivity index (χ4n) is 3.90. The first-order valence-electron chi connectivity index (χ1n) is 9.82. The first kappa shape index (κ1) is 20.4. The molecule has 1 amide bonds. The minimum Gasteiger partial charge on any atom is -0.338 e. The molecule has 1 aliphatic heterocycles. The van der Waals surface area contributed by atoms with E-state index in [1.165, 1.54) is 13.1 Å². The van der Waals surface area contributed by atoms with Gasteiger partial charge in [0.15, 0.2) is 0 Å². The van der Waals surface area contributed by atoms with Gasteiger partial charge in [0, 0.05) is 36.9 Å². The van der Waals surface area contributed by atoms with E-state index in [4.69, 9.17) is 4.52 Å². The molecule has 0 spiro atoms. The van der Waals surface area contributed by atoms with Crippen LogP contribution >= 0.6 is 0 Å². The van der Waals surface area contributed by atoms with Gasteiger partial charge in [0.25, 0.3) is 11.6 Å². The number of carbonyl (C=O) groups excluding carboxylic acids is 1. The molecule has 3 aromatic heterocycles. The summed E-state index contributed by atoms with van der Waals surface area (Å²) in [6.07, 6.45) is -0.0735. The van der Waals surface area contributed by atoms with Crippen LogP contribution in [0.5, 0.6) is 0 Å². The molecule has 30 heavy (non-hydrogen) atoms. The first-order valence-corrected chi connectivity index (χ1v) is 9.82. The van der Waals surface area contributed by atoms with E-state index in [0.717, 1.165) is 6.07 Å². The molecule has 0 aromatic carbocycles. The van der Waals surface area contributed by atoms with Gasteiger partial charge in [-0.3, -0.25) is 9.48 Å². The van der Waals surface area contributed by atoms with Crippen molar-refractivity contribution in [1.29, 1.82) is 0 Å². The standard InChI is InChI=1S/C20H22F3N5O2/c1-11(2)28-10-14(8-24-28)19(29)27-6-4-5-13(9-27)17-16-15(20(21,22)23)7-12(3)25-18(16)30-26-17/h7-8,10-11,13H,4-6,9H2,1-3H3/t13-/m0/s1. The number of alkyl halides is 3. The highest BCUT2D eigenvalue weighted by Crippen LogP contribution is 2.40. The molecule has 1 aliphatic rings. The molecule has 7 nitrogen and oxygen atoms in total. The van der Waals surface area contributed by atoms with E-state index < -0.39 is 11.7 Å². The number of hydrogen-bond acceptors (Lipinski definition) is 5. The third-order valence-electron chi connectivity index (χ3n) is 5.38. The quantitative estimate of drug-likeness (QED) is 0.629. The lowest BCUT2D eigenvalue weighted by atomic mass is 9.91. The second-order valence-electron chi connectivity index (χ2n) is 7.95. The lowest BCUT2D eigenvalue weighted by molar-refractivity contribution is -0.136. The molecule has 1 atom stereocenters. The molecule has 10 heteroatoms. The van der Waals surface area contributed by atoms with Gasteiger partial charge in [0.2, 0.25) is 0 Å². The monoisotopic (exact) mass is 421 g/mol. The fourth-order valence-corrected chi connectivity index (χ4v) is 3.90. The minimum atomic E-state index is -4.55. The zero-order chi connectivity index (χ0) is 21.6. The van der Waals surface area contributed by atoms with Gasteiger partial charge in [-0.2, -0.15) is 18.3 Å². The summed E-state index contributed by atoms with van der Waals surface area (Å²) in [4.78, 5) is 18.6. The third kappa shape index (κ3) is 3.66. The number of rotatable bonds is 3. The summed E-state index contributed by atoms with van der Waals surface area (Å²) in [7, 11) is 0. The number of piperidine rings is 1. The lowest BCUT2D eigenvalue weighted by Crippen LogP contribution is -2.39. The molecule has 1 saturated heterocycles. The van der Waals surface area contributed by atoms with E-state index in [1.54, 1.807) is 15.8 Å². The Bertz CT molecular complexity index is 1090. The summed E-state index contributed by atoms with van der Waals surface area (Å²) in [5, 5.41) is 8.02. The van der Waals surface area contributed by atoms with Gasteiger partial charge in [0.05, 0.1) is 28.4 Å². The molecule has 0 aliphatic carbocycles. The topological polar surface area (TPSA) is 77.0 Å². The van der Waals surface area contributed by atoms with Gasteiger partial charge in [-0.05, 0) is 39.7 Å². The van der Waals surface area contributed by atoms with Crippen molar-refractivity contribution in [3.05, 3.63) is 41.0 Å². The van der Waals surface area contributed by atoms with Gasteiger partial charge in [0.1, 0.15) is 0 Å². The van der Waals surface area contributed by atoms with Crippen molar-refractivity contribution in [1.82, 2.24) is 24.8 Å². The highest BCUT2D eigenvalue weighted by atomic mass is 19.4. The number of aryl methyl sites for hydroxylation is 1. The first-order chi connectivity index (χ1) is 14.1. The maximum Gasteiger partial charge on any atom is 0.417 e. The number of hydrogen-bond donors (Lipinski definition) is 0. The summed E-state index contributed by atoms with van der Waals surface area (Å²) in [5.74, 6) is -0.556. The molecule has 0 N–H and O–H groups in total. The molecule has 0 unspecified atom stereocenters. The Morgan fingerprint density at radius 1 is 1.33 bits per heavy atom. The van der Waals surface area contributed by atoms with Gasteiger partial charge >= 0.3 is 6.18 Å². The fraction of sp³-hybridized carbons (Fsp3) is 0.500. The van der Waals surface area contributed by atoms with Crippen molar-refractivity contribution < 1.29 is 22.5 Å². The van der Waals surface area contributed by atoms with Crippen LogP contribution in [0, 0.1) is 6.92 Å². The second kappa shape index (κ2) is 7.41. The highest BCUT2D eigenvalue weighted by molar-refractivity contribution is 5.94. The van der Waals surface area contributed by atoms with Crippen molar-refractivity contribution >= 4 is 17.0 Å². The number of aromatic nitrogens is 4. The van der Waals surface area contributed by atoms with Gasteiger partial charge in [-0.15, -0.1) is 0 Å². The molecule has 3 aromatic rings. The summed E-state index contributed by atoms with van der Waals surface area (Å²) >= 11 is 0. The minimum absolute atomic E-state index is 0.111. The largest absolute Gasteiger partial charge is 0.417 e. The number of pyridine rings is 1. The van der Waals surface area contributed by atoms with Crippen LogP contribution in [-0.2, 0) is 6.18 Å². The smallest absolute Gasteiger partial charge is 0.338 e. The van der Waals surface area contributed by atoms with E-state index in [0.29, 0.717) is 24.9 Å². The Morgan fingerprint density at radius 3 is 2.77 bits per heavy atom. The number of amides is 1. The summed E-state index contributed by atoms with van der Waals surface area (Å²) < 4.78 is 47.8. The van der Waals surface area contributed by atoms with E-state index in [2.05, 4.69) is 15.2 Å². The van der Waals surface area contributed by atoms with Crippen LogP contribution in [0.3, 0.4) is 0 Å². The number of nitrogens with zero attached hydrogens (tertiary/aromatic N) is 5. The van der Waals surface area contributed by atoms with Crippen molar-refractivity contribution in [2.24, 2.45) is 0 Å². The van der Waals surface area contributed by atoms with Gasteiger partial charge in [-0.25, -0.2) is 4.98 Å².